The summed E-state index contributed by atoms with van der Waals surface area (Å²) in [5, 5.41) is 0.264. The standard InChI is InChI=1S/C24H18F3NO2/c1-23(2,15-9-4-3-5-10-15)18-13-8-14-19-20(18)22(29)30-21(28-19)16-11-6-7-12-17(16)24(25,26)27/h3-14H,1-2H3. The van der Waals surface area contributed by atoms with E-state index in [-0.39, 0.29) is 16.8 Å². The van der Waals surface area contributed by atoms with Crippen molar-refractivity contribution in [2.24, 2.45) is 0 Å². The van der Waals surface area contributed by atoms with Crippen LogP contribution in [0.5, 0.6) is 0 Å². The van der Waals surface area contributed by atoms with Crippen LogP contribution >= 0.6 is 0 Å². The van der Waals surface area contributed by atoms with E-state index in [0.29, 0.717) is 11.1 Å². The van der Waals surface area contributed by atoms with E-state index in [1.165, 1.54) is 18.2 Å². The fourth-order valence-electron chi connectivity index (χ4n) is 3.68. The van der Waals surface area contributed by atoms with Crippen LogP contribution in [0.2, 0.25) is 0 Å². The van der Waals surface area contributed by atoms with Gasteiger partial charge in [0.1, 0.15) is 0 Å². The minimum absolute atomic E-state index is 0.264. The number of halogens is 3. The van der Waals surface area contributed by atoms with Crippen molar-refractivity contribution in [1.82, 2.24) is 4.98 Å². The fraction of sp³-hybridized carbons (Fsp3) is 0.167. The summed E-state index contributed by atoms with van der Waals surface area (Å²) in [6.45, 7) is 3.95. The van der Waals surface area contributed by atoms with E-state index < -0.39 is 22.8 Å². The zero-order chi connectivity index (χ0) is 21.5. The van der Waals surface area contributed by atoms with Gasteiger partial charge in [-0.2, -0.15) is 13.2 Å². The van der Waals surface area contributed by atoms with Gasteiger partial charge in [0.2, 0.25) is 5.89 Å². The summed E-state index contributed by atoms with van der Waals surface area (Å²) in [4.78, 5) is 17.2. The first kappa shape index (κ1) is 19.9. The lowest BCUT2D eigenvalue weighted by atomic mass is 9.77. The molecule has 0 radical (unpaired) electrons. The summed E-state index contributed by atoms with van der Waals surface area (Å²) in [5.41, 5.74) is -0.446. The molecule has 0 spiro atoms. The predicted molar refractivity (Wildman–Crippen MR) is 109 cm³/mol. The smallest absolute Gasteiger partial charge is 0.403 e. The van der Waals surface area contributed by atoms with Gasteiger partial charge in [-0.1, -0.05) is 68.4 Å². The first-order valence-electron chi connectivity index (χ1n) is 9.36. The Kier molecular flexibility index (Phi) is 4.73. The monoisotopic (exact) mass is 409 g/mol. The maximum atomic E-state index is 13.4. The van der Waals surface area contributed by atoms with Gasteiger partial charge in [-0.15, -0.1) is 0 Å². The molecule has 6 heteroatoms. The predicted octanol–water partition coefficient (Wildman–Crippen LogP) is 6.20. The van der Waals surface area contributed by atoms with Crippen LogP contribution in [0.15, 0.2) is 82.0 Å². The van der Waals surface area contributed by atoms with E-state index in [1.807, 2.05) is 50.2 Å². The molecule has 4 rings (SSSR count). The van der Waals surface area contributed by atoms with Gasteiger partial charge in [-0.25, -0.2) is 9.78 Å². The van der Waals surface area contributed by atoms with Gasteiger partial charge in [0.25, 0.3) is 0 Å². The molecule has 1 aromatic heterocycles. The number of fused-ring (bicyclic) bond motifs is 1. The average Bonchev–Trinajstić information content (AvgIpc) is 2.73. The van der Waals surface area contributed by atoms with Crippen LogP contribution in [0.1, 0.15) is 30.5 Å². The molecular weight excluding hydrogens is 391 g/mol. The van der Waals surface area contributed by atoms with Crippen molar-refractivity contribution in [2.45, 2.75) is 25.4 Å². The van der Waals surface area contributed by atoms with Gasteiger partial charge in [0.05, 0.1) is 16.5 Å². The van der Waals surface area contributed by atoms with Crippen molar-refractivity contribution in [3.63, 3.8) is 0 Å². The van der Waals surface area contributed by atoms with Crippen LogP contribution in [0, 0.1) is 0 Å². The van der Waals surface area contributed by atoms with Crippen molar-refractivity contribution < 1.29 is 17.6 Å². The summed E-state index contributed by atoms with van der Waals surface area (Å²) in [6, 6.07) is 19.7. The van der Waals surface area contributed by atoms with Crippen molar-refractivity contribution in [1.29, 1.82) is 0 Å². The molecule has 3 aromatic carbocycles. The molecule has 3 nitrogen and oxygen atoms in total. The third-order valence-corrected chi connectivity index (χ3v) is 5.29. The lowest BCUT2D eigenvalue weighted by molar-refractivity contribution is -0.137. The van der Waals surface area contributed by atoms with Crippen molar-refractivity contribution in [2.75, 3.05) is 0 Å². The van der Waals surface area contributed by atoms with Crippen LogP contribution in [-0.4, -0.2) is 4.98 Å². The first-order valence-corrected chi connectivity index (χ1v) is 9.36. The van der Waals surface area contributed by atoms with E-state index in [0.717, 1.165) is 11.6 Å². The van der Waals surface area contributed by atoms with Gasteiger partial charge < -0.3 is 4.42 Å². The summed E-state index contributed by atoms with van der Waals surface area (Å²) >= 11 is 0. The number of benzene rings is 3. The Balaban J connectivity index is 1.95. The Morgan fingerprint density at radius 3 is 2.13 bits per heavy atom. The van der Waals surface area contributed by atoms with Crippen molar-refractivity contribution in [3.8, 4) is 11.5 Å². The first-order chi connectivity index (χ1) is 14.2. The molecule has 0 unspecified atom stereocenters. The Morgan fingerprint density at radius 2 is 1.43 bits per heavy atom. The quantitative estimate of drug-likeness (QED) is 0.405. The third kappa shape index (κ3) is 3.38. The van der Waals surface area contributed by atoms with Crippen LogP contribution in [0.4, 0.5) is 13.2 Å². The molecule has 152 valence electrons. The molecule has 0 amide bonds. The highest BCUT2D eigenvalue weighted by molar-refractivity contribution is 5.84. The highest BCUT2D eigenvalue weighted by Gasteiger charge is 2.35. The zero-order valence-corrected chi connectivity index (χ0v) is 16.3. The van der Waals surface area contributed by atoms with Crippen LogP contribution in [-0.2, 0) is 11.6 Å². The maximum Gasteiger partial charge on any atom is 0.417 e. The normalized spacial score (nSPS) is 12.3. The number of alkyl halides is 3. The lowest BCUT2D eigenvalue weighted by Gasteiger charge is -2.27. The molecule has 0 fully saturated rings. The minimum atomic E-state index is -4.59. The highest BCUT2D eigenvalue weighted by Crippen LogP contribution is 2.38. The zero-order valence-electron chi connectivity index (χ0n) is 16.3. The molecule has 0 atom stereocenters. The van der Waals surface area contributed by atoms with Crippen LogP contribution in [0.25, 0.3) is 22.4 Å². The van der Waals surface area contributed by atoms with E-state index in [1.54, 1.807) is 12.1 Å². The molecular formula is C24H18F3NO2. The molecule has 0 aliphatic rings. The summed E-state index contributed by atoms with van der Waals surface area (Å²) in [7, 11) is 0. The van der Waals surface area contributed by atoms with Gasteiger partial charge in [0.15, 0.2) is 0 Å². The summed E-state index contributed by atoms with van der Waals surface area (Å²) in [6.07, 6.45) is -4.59. The Bertz CT molecular complexity index is 1280. The topological polar surface area (TPSA) is 43.1 Å². The van der Waals surface area contributed by atoms with Crippen molar-refractivity contribution >= 4 is 10.9 Å². The number of nitrogens with zero attached hydrogens (tertiary/aromatic N) is 1. The summed E-state index contributed by atoms with van der Waals surface area (Å²) < 4.78 is 45.5. The second-order valence-corrected chi connectivity index (χ2v) is 7.54. The van der Waals surface area contributed by atoms with Crippen molar-refractivity contribution in [3.05, 3.63) is 99.9 Å². The molecule has 30 heavy (non-hydrogen) atoms. The van der Waals surface area contributed by atoms with E-state index >= 15 is 0 Å². The van der Waals surface area contributed by atoms with Crippen LogP contribution < -0.4 is 5.63 Å². The molecule has 0 aliphatic heterocycles. The number of aromatic nitrogens is 1. The lowest BCUT2D eigenvalue weighted by Crippen LogP contribution is -2.22. The Hall–Kier alpha value is -3.41. The molecule has 0 bridgehead atoms. The molecule has 0 aliphatic carbocycles. The van der Waals surface area contributed by atoms with E-state index in [2.05, 4.69) is 4.98 Å². The maximum absolute atomic E-state index is 13.4. The summed E-state index contributed by atoms with van der Waals surface area (Å²) in [5.74, 6) is -0.352. The molecule has 0 saturated carbocycles. The fourth-order valence-corrected chi connectivity index (χ4v) is 3.68. The molecule has 0 N–H and O–H groups in total. The third-order valence-electron chi connectivity index (χ3n) is 5.29. The number of rotatable bonds is 3. The number of hydrogen-bond donors (Lipinski definition) is 0. The second kappa shape index (κ2) is 7.13. The van der Waals surface area contributed by atoms with E-state index in [4.69, 9.17) is 4.42 Å². The minimum Gasteiger partial charge on any atom is -0.403 e. The van der Waals surface area contributed by atoms with E-state index in [9.17, 15) is 18.0 Å². The Morgan fingerprint density at radius 1 is 0.800 bits per heavy atom. The average molecular weight is 409 g/mol. The van der Waals surface area contributed by atoms with Gasteiger partial charge >= 0.3 is 11.8 Å². The van der Waals surface area contributed by atoms with Gasteiger partial charge in [-0.05, 0) is 29.3 Å². The highest BCUT2D eigenvalue weighted by atomic mass is 19.4. The largest absolute Gasteiger partial charge is 0.417 e. The molecule has 1 heterocycles. The number of hydrogen-bond acceptors (Lipinski definition) is 3. The SMILES string of the molecule is CC(C)(c1ccccc1)c1cccc2nc(-c3ccccc3C(F)(F)F)oc(=O)c12. The Labute approximate surface area is 170 Å². The van der Waals surface area contributed by atoms with Gasteiger partial charge in [0, 0.05) is 11.0 Å². The van der Waals surface area contributed by atoms with Gasteiger partial charge in [-0.3, -0.25) is 0 Å². The molecule has 0 saturated heterocycles. The van der Waals surface area contributed by atoms with Crippen LogP contribution in [0.3, 0.4) is 0 Å². The second-order valence-electron chi connectivity index (χ2n) is 7.54. The molecule has 4 aromatic rings.